The lowest BCUT2D eigenvalue weighted by molar-refractivity contribution is -0.140. The van der Waals surface area contributed by atoms with Crippen LogP contribution in [-0.4, -0.2) is 62.5 Å². The molecule has 1 aliphatic carbocycles. The van der Waals surface area contributed by atoms with Crippen molar-refractivity contribution in [1.82, 2.24) is 4.90 Å². The fourth-order valence-electron chi connectivity index (χ4n) is 3.86. The van der Waals surface area contributed by atoms with Crippen molar-refractivity contribution < 1.29 is 19.0 Å². The van der Waals surface area contributed by atoms with E-state index in [1.807, 2.05) is 24.3 Å². The molecule has 1 aliphatic heterocycles. The van der Waals surface area contributed by atoms with Crippen molar-refractivity contribution >= 4 is 11.6 Å². The molecule has 1 N–H and O–H groups in total. The van der Waals surface area contributed by atoms with Crippen LogP contribution in [0.25, 0.3) is 0 Å². The summed E-state index contributed by atoms with van der Waals surface area (Å²) in [6.07, 6.45) is 5.64. The van der Waals surface area contributed by atoms with Crippen LogP contribution in [0.5, 0.6) is 5.75 Å². The van der Waals surface area contributed by atoms with E-state index in [4.69, 9.17) is 14.2 Å². The van der Waals surface area contributed by atoms with Crippen LogP contribution in [-0.2, 0) is 14.3 Å². The van der Waals surface area contributed by atoms with Gasteiger partial charge in [0.05, 0.1) is 19.8 Å². The molecule has 2 aliphatic rings. The van der Waals surface area contributed by atoms with Gasteiger partial charge in [0, 0.05) is 31.9 Å². The van der Waals surface area contributed by atoms with Crippen molar-refractivity contribution in [3.05, 3.63) is 24.3 Å². The van der Waals surface area contributed by atoms with E-state index < -0.39 is 5.60 Å². The van der Waals surface area contributed by atoms with E-state index in [0.29, 0.717) is 13.2 Å². The maximum Gasteiger partial charge on any atom is 0.256 e. The number of hydrogen-bond donors (Lipinski definition) is 1. The first kappa shape index (κ1) is 21.1. The van der Waals surface area contributed by atoms with Gasteiger partial charge in [0.15, 0.2) is 0 Å². The predicted molar refractivity (Wildman–Crippen MR) is 110 cm³/mol. The minimum absolute atomic E-state index is 0.0161. The Morgan fingerprint density at radius 2 is 1.86 bits per heavy atom. The highest BCUT2D eigenvalue weighted by atomic mass is 16.5. The Kier molecular flexibility index (Phi) is 8.13. The summed E-state index contributed by atoms with van der Waals surface area (Å²) in [5.41, 5.74) is 0.141. The zero-order valence-corrected chi connectivity index (χ0v) is 17.1. The third-order valence-electron chi connectivity index (χ3n) is 5.51. The molecule has 1 amide bonds. The van der Waals surface area contributed by atoms with Gasteiger partial charge in [-0.3, -0.25) is 9.69 Å². The smallest absolute Gasteiger partial charge is 0.256 e. The zero-order valence-electron chi connectivity index (χ0n) is 17.1. The number of anilines is 1. The molecule has 6 nitrogen and oxygen atoms in total. The first-order chi connectivity index (χ1) is 13.7. The Balaban J connectivity index is 1.42. The van der Waals surface area contributed by atoms with Crippen molar-refractivity contribution in [2.24, 2.45) is 0 Å². The molecule has 156 valence electrons. The monoisotopic (exact) mass is 390 g/mol. The molecule has 2 fully saturated rings. The normalized spacial score (nSPS) is 19.5. The van der Waals surface area contributed by atoms with E-state index in [-0.39, 0.29) is 5.91 Å². The van der Waals surface area contributed by atoms with Crippen molar-refractivity contribution in [1.29, 1.82) is 0 Å². The van der Waals surface area contributed by atoms with E-state index in [0.717, 1.165) is 82.8 Å². The molecule has 6 heteroatoms. The summed E-state index contributed by atoms with van der Waals surface area (Å²) in [6, 6.07) is 7.63. The Labute approximate surface area is 168 Å². The first-order valence-electron chi connectivity index (χ1n) is 10.7. The highest BCUT2D eigenvalue weighted by Crippen LogP contribution is 2.34. The zero-order chi connectivity index (χ0) is 19.7. The molecule has 1 heterocycles. The maximum absolute atomic E-state index is 12.8. The van der Waals surface area contributed by atoms with Gasteiger partial charge in [-0.2, -0.15) is 0 Å². The lowest BCUT2D eigenvalue weighted by atomic mass is 10.0. The molecule has 0 unspecified atom stereocenters. The summed E-state index contributed by atoms with van der Waals surface area (Å²) < 4.78 is 17.2. The number of amides is 1. The van der Waals surface area contributed by atoms with Crippen LogP contribution in [0.3, 0.4) is 0 Å². The van der Waals surface area contributed by atoms with Crippen LogP contribution >= 0.6 is 0 Å². The van der Waals surface area contributed by atoms with Gasteiger partial charge < -0.3 is 19.5 Å². The Morgan fingerprint density at radius 1 is 1.14 bits per heavy atom. The van der Waals surface area contributed by atoms with Crippen LogP contribution in [0.2, 0.25) is 0 Å². The Morgan fingerprint density at radius 3 is 2.54 bits per heavy atom. The predicted octanol–water partition coefficient (Wildman–Crippen LogP) is 3.47. The Bertz CT molecular complexity index is 593. The summed E-state index contributed by atoms with van der Waals surface area (Å²) >= 11 is 0. The van der Waals surface area contributed by atoms with Gasteiger partial charge in [-0.25, -0.2) is 0 Å². The SMILES string of the molecule is CCCOC1(C(=O)Nc2ccc(OCCCN3CCOCC3)cc2)CCCC1. The molecule has 0 bridgehead atoms. The van der Waals surface area contributed by atoms with Crippen molar-refractivity contribution in [3.63, 3.8) is 0 Å². The van der Waals surface area contributed by atoms with Crippen molar-refractivity contribution in [2.75, 3.05) is 51.4 Å². The number of rotatable bonds is 10. The molecule has 1 saturated carbocycles. The molecule has 1 aromatic carbocycles. The van der Waals surface area contributed by atoms with Crippen LogP contribution in [0.1, 0.15) is 45.4 Å². The fourth-order valence-corrected chi connectivity index (χ4v) is 3.86. The van der Waals surface area contributed by atoms with Gasteiger partial charge in [-0.1, -0.05) is 6.92 Å². The molecule has 1 saturated heterocycles. The molecule has 0 aromatic heterocycles. The van der Waals surface area contributed by atoms with Gasteiger partial charge >= 0.3 is 0 Å². The summed E-state index contributed by atoms with van der Waals surface area (Å²) in [6.45, 7) is 8.12. The van der Waals surface area contributed by atoms with Crippen molar-refractivity contribution in [2.45, 2.75) is 51.0 Å². The highest BCUT2D eigenvalue weighted by Gasteiger charge is 2.42. The number of hydrogen-bond acceptors (Lipinski definition) is 5. The van der Waals surface area contributed by atoms with Gasteiger partial charge in [-0.15, -0.1) is 0 Å². The van der Waals surface area contributed by atoms with E-state index >= 15 is 0 Å². The highest BCUT2D eigenvalue weighted by molar-refractivity contribution is 5.97. The second kappa shape index (κ2) is 10.8. The summed E-state index contributed by atoms with van der Waals surface area (Å²) in [5, 5.41) is 3.03. The summed E-state index contributed by atoms with van der Waals surface area (Å²) in [4.78, 5) is 15.2. The van der Waals surface area contributed by atoms with Crippen LogP contribution in [0.4, 0.5) is 5.69 Å². The number of morpholine rings is 1. The van der Waals surface area contributed by atoms with Gasteiger partial charge in [0.25, 0.3) is 5.91 Å². The lowest BCUT2D eigenvalue weighted by Gasteiger charge is -2.28. The second-order valence-corrected chi connectivity index (χ2v) is 7.68. The van der Waals surface area contributed by atoms with Crippen LogP contribution < -0.4 is 10.1 Å². The third kappa shape index (κ3) is 5.93. The maximum atomic E-state index is 12.8. The van der Waals surface area contributed by atoms with E-state index in [1.165, 1.54) is 0 Å². The Hall–Kier alpha value is -1.63. The molecule has 28 heavy (non-hydrogen) atoms. The quantitative estimate of drug-likeness (QED) is 0.620. The first-order valence-corrected chi connectivity index (χ1v) is 10.7. The molecule has 3 rings (SSSR count). The van der Waals surface area contributed by atoms with E-state index in [1.54, 1.807) is 0 Å². The molecule has 0 spiro atoms. The molecular formula is C22H34N2O4. The minimum Gasteiger partial charge on any atom is -0.494 e. The molecule has 1 aromatic rings. The van der Waals surface area contributed by atoms with Crippen LogP contribution in [0, 0.1) is 0 Å². The average molecular weight is 391 g/mol. The minimum atomic E-state index is -0.648. The van der Waals surface area contributed by atoms with Crippen LogP contribution in [0.15, 0.2) is 24.3 Å². The average Bonchev–Trinajstić information content (AvgIpc) is 3.22. The number of carbonyl (C=O) groups excluding carboxylic acids is 1. The van der Waals surface area contributed by atoms with Gasteiger partial charge in [0.2, 0.25) is 0 Å². The van der Waals surface area contributed by atoms with Gasteiger partial charge in [0.1, 0.15) is 11.4 Å². The number of carbonyl (C=O) groups is 1. The molecule has 0 atom stereocenters. The standard InChI is InChI=1S/C22H34N2O4/c1-2-15-28-22(10-3-4-11-22)21(25)23-19-6-8-20(9-7-19)27-16-5-12-24-13-17-26-18-14-24/h6-9H,2-5,10-18H2,1H3,(H,23,25). The second-order valence-electron chi connectivity index (χ2n) is 7.68. The van der Waals surface area contributed by atoms with Crippen molar-refractivity contribution in [3.8, 4) is 5.75 Å². The van der Waals surface area contributed by atoms with E-state index in [9.17, 15) is 4.79 Å². The number of benzene rings is 1. The summed E-state index contributed by atoms with van der Waals surface area (Å²) in [7, 11) is 0. The summed E-state index contributed by atoms with van der Waals surface area (Å²) in [5.74, 6) is 0.815. The third-order valence-corrected chi connectivity index (χ3v) is 5.51. The van der Waals surface area contributed by atoms with E-state index in [2.05, 4.69) is 17.1 Å². The largest absolute Gasteiger partial charge is 0.494 e. The number of ether oxygens (including phenoxy) is 3. The molecular weight excluding hydrogens is 356 g/mol. The number of nitrogens with zero attached hydrogens (tertiary/aromatic N) is 1. The lowest BCUT2D eigenvalue weighted by Crippen LogP contribution is -2.43. The molecule has 0 radical (unpaired) electrons. The number of nitrogens with one attached hydrogen (secondary N) is 1. The topological polar surface area (TPSA) is 60.0 Å². The fraction of sp³-hybridized carbons (Fsp3) is 0.682. The van der Waals surface area contributed by atoms with Gasteiger partial charge in [-0.05, 0) is 62.8 Å².